The quantitative estimate of drug-likeness (QED) is 0.850. The molecule has 1 rings (SSSR count). The Kier molecular flexibility index (Phi) is 5.40. The molecule has 0 amide bonds. The molecule has 96 valence electrons. The first-order valence-electron chi connectivity index (χ1n) is 4.93. The third-order valence-corrected chi connectivity index (χ3v) is 3.23. The monoisotopic (exact) mass is 374 g/mol. The topological polar surface area (TPSA) is 38.9 Å². The molecule has 1 atom stereocenters. The minimum absolute atomic E-state index is 0.00878. The van der Waals surface area contributed by atoms with E-state index < -0.39 is 18.6 Å². The molecule has 0 saturated carbocycles. The molecule has 0 fully saturated rings. The van der Waals surface area contributed by atoms with Gasteiger partial charge in [-0.1, -0.05) is 0 Å². The molecule has 0 aliphatic carbocycles. The molecule has 1 aromatic rings. The highest BCUT2D eigenvalue weighted by atomic mass is 79.9. The summed E-state index contributed by atoms with van der Waals surface area (Å²) in [5, 5.41) is 0. The van der Waals surface area contributed by atoms with Crippen molar-refractivity contribution in [3.05, 3.63) is 26.9 Å². The number of nitrogens with two attached hydrogens (primary N) is 1. The van der Waals surface area contributed by atoms with Crippen molar-refractivity contribution in [1.29, 1.82) is 0 Å². The van der Waals surface area contributed by atoms with E-state index >= 15 is 0 Å². The molecule has 0 saturated heterocycles. The van der Waals surface area contributed by atoms with Crippen molar-refractivity contribution in [1.82, 2.24) is 4.98 Å². The van der Waals surface area contributed by atoms with E-state index in [0.29, 0.717) is 10.2 Å². The maximum Gasteiger partial charge on any atom is 0.389 e. The molecule has 17 heavy (non-hydrogen) atoms. The van der Waals surface area contributed by atoms with Gasteiger partial charge in [-0.3, -0.25) is 4.98 Å². The third-order valence-electron chi connectivity index (χ3n) is 2.16. The molecular weight excluding hydrogens is 365 g/mol. The lowest BCUT2D eigenvalue weighted by atomic mass is 10.1. The van der Waals surface area contributed by atoms with Crippen LogP contribution in [0.5, 0.6) is 0 Å². The predicted octanol–water partition coefficient (Wildman–Crippen LogP) is 4.34. The number of hydrogen-bond donors (Lipinski definition) is 1. The van der Waals surface area contributed by atoms with E-state index in [2.05, 4.69) is 36.8 Å². The first kappa shape index (κ1) is 14.9. The molecule has 0 aliphatic heterocycles. The zero-order valence-electron chi connectivity index (χ0n) is 8.77. The normalized spacial score (nSPS) is 13.8. The van der Waals surface area contributed by atoms with Crippen LogP contribution in [-0.4, -0.2) is 11.2 Å². The number of hydrogen-bond acceptors (Lipinski definition) is 2. The largest absolute Gasteiger partial charge is 0.389 e. The van der Waals surface area contributed by atoms with E-state index in [1.165, 1.54) is 0 Å². The van der Waals surface area contributed by atoms with Gasteiger partial charge in [0, 0.05) is 27.6 Å². The van der Waals surface area contributed by atoms with Gasteiger partial charge in [-0.05, 0) is 50.8 Å². The van der Waals surface area contributed by atoms with E-state index in [0.717, 1.165) is 4.47 Å². The van der Waals surface area contributed by atoms with E-state index in [1.807, 2.05) is 0 Å². The molecule has 0 aliphatic rings. The fourth-order valence-electron chi connectivity index (χ4n) is 1.36. The van der Waals surface area contributed by atoms with Gasteiger partial charge in [-0.2, -0.15) is 13.2 Å². The molecule has 7 heteroatoms. The van der Waals surface area contributed by atoms with Crippen LogP contribution in [0.15, 0.2) is 21.2 Å². The maximum atomic E-state index is 12.0. The number of rotatable bonds is 4. The molecule has 0 bridgehead atoms. The van der Waals surface area contributed by atoms with Gasteiger partial charge in [-0.25, -0.2) is 0 Å². The summed E-state index contributed by atoms with van der Waals surface area (Å²) in [6, 6.07) is 1.28. The van der Waals surface area contributed by atoms with E-state index in [1.54, 1.807) is 12.3 Å². The number of alkyl halides is 3. The molecule has 0 radical (unpaired) electrons. The Labute approximate surface area is 114 Å². The van der Waals surface area contributed by atoms with Crippen molar-refractivity contribution >= 4 is 31.9 Å². The van der Waals surface area contributed by atoms with E-state index in [4.69, 9.17) is 5.73 Å². The van der Waals surface area contributed by atoms with Crippen LogP contribution in [0.4, 0.5) is 13.2 Å². The highest BCUT2D eigenvalue weighted by molar-refractivity contribution is 9.11. The molecule has 0 spiro atoms. The second kappa shape index (κ2) is 6.15. The second-order valence-corrected chi connectivity index (χ2v) is 5.40. The summed E-state index contributed by atoms with van der Waals surface area (Å²) in [7, 11) is 0. The van der Waals surface area contributed by atoms with Crippen LogP contribution in [0.25, 0.3) is 0 Å². The number of aromatic nitrogens is 1. The van der Waals surface area contributed by atoms with Gasteiger partial charge in [0.15, 0.2) is 0 Å². The summed E-state index contributed by atoms with van der Waals surface area (Å²) >= 11 is 6.53. The Bertz CT molecular complexity index is 382. The van der Waals surface area contributed by atoms with Gasteiger partial charge >= 0.3 is 6.18 Å². The molecule has 2 N–H and O–H groups in total. The van der Waals surface area contributed by atoms with Crippen molar-refractivity contribution in [2.24, 2.45) is 5.73 Å². The van der Waals surface area contributed by atoms with Crippen molar-refractivity contribution in [3.8, 4) is 0 Å². The lowest BCUT2D eigenvalue weighted by Gasteiger charge is -2.13. The molecule has 1 unspecified atom stereocenters. The van der Waals surface area contributed by atoms with Crippen LogP contribution in [0.1, 0.15) is 31.0 Å². The van der Waals surface area contributed by atoms with Crippen LogP contribution in [0.2, 0.25) is 0 Å². The Morgan fingerprint density at radius 3 is 2.53 bits per heavy atom. The number of halogens is 5. The zero-order chi connectivity index (χ0) is 13.1. The van der Waals surface area contributed by atoms with Crippen molar-refractivity contribution < 1.29 is 13.2 Å². The highest BCUT2D eigenvalue weighted by Gasteiger charge is 2.26. The van der Waals surface area contributed by atoms with Gasteiger partial charge in [-0.15, -0.1) is 0 Å². The Morgan fingerprint density at radius 1 is 1.35 bits per heavy atom. The van der Waals surface area contributed by atoms with Crippen LogP contribution >= 0.6 is 31.9 Å². The van der Waals surface area contributed by atoms with Crippen LogP contribution < -0.4 is 5.73 Å². The number of pyridine rings is 1. The first-order valence-corrected chi connectivity index (χ1v) is 6.51. The fraction of sp³-hybridized carbons (Fsp3) is 0.500. The van der Waals surface area contributed by atoms with Crippen molar-refractivity contribution in [2.75, 3.05) is 0 Å². The molecule has 2 nitrogen and oxygen atoms in total. The second-order valence-electron chi connectivity index (χ2n) is 3.63. The Hall–Kier alpha value is -0.140. The minimum atomic E-state index is -4.12. The van der Waals surface area contributed by atoms with Gasteiger partial charge in [0.25, 0.3) is 0 Å². The summed E-state index contributed by atoms with van der Waals surface area (Å²) in [6.07, 6.45) is -3.09. The summed E-state index contributed by atoms with van der Waals surface area (Å²) < 4.78 is 37.4. The summed E-state index contributed by atoms with van der Waals surface area (Å²) in [5.41, 5.74) is 6.38. The van der Waals surface area contributed by atoms with Gasteiger partial charge in [0.1, 0.15) is 0 Å². The van der Waals surface area contributed by atoms with Gasteiger partial charge in [0.05, 0.1) is 5.69 Å². The Morgan fingerprint density at radius 2 is 2.00 bits per heavy atom. The van der Waals surface area contributed by atoms with Gasteiger partial charge < -0.3 is 5.73 Å². The standard InChI is InChI=1S/C10H11Br2F3N2/c11-6-4-7(12)9(17-5-6)8(16)2-1-3-10(13,14)15/h4-5,8H,1-3,16H2. The smallest absolute Gasteiger partial charge is 0.323 e. The molecule has 1 aromatic heterocycles. The predicted molar refractivity (Wildman–Crippen MR) is 66.5 cm³/mol. The average molecular weight is 376 g/mol. The summed E-state index contributed by atoms with van der Waals surface area (Å²) in [5.74, 6) is 0. The van der Waals surface area contributed by atoms with Crippen LogP contribution in [-0.2, 0) is 0 Å². The van der Waals surface area contributed by atoms with Crippen molar-refractivity contribution in [2.45, 2.75) is 31.5 Å². The van der Waals surface area contributed by atoms with E-state index in [-0.39, 0.29) is 12.8 Å². The lowest BCUT2D eigenvalue weighted by molar-refractivity contribution is -0.135. The summed E-state index contributed by atoms with van der Waals surface area (Å²) in [6.45, 7) is 0. The number of nitrogens with zero attached hydrogens (tertiary/aromatic N) is 1. The molecule has 1 heterocycles. The molecular formula is C10H11Br2F3N2. The summed E-state index contributed by atoms with van der Waals surface area (Å²) in [4.78, 5) is 4.09. The SMILES string of the molecule is NC(CCCC(F)(F)F)c1ncc(Br)cc1Br. The van der Waals surface area contributed by atoms with Gasteiger partial charge in [0.2, 0.25) is 0 Å². The first-order chi connectivity index (χ1) is 7.79. The highest BCUT2D eigenvalue weighted by Crippen LogP contribution is 2.28. The third kappa shape index (κ3) is 5.35. The van der Waals surface area contributed by atoms with E-state index in [9.17, 15) is 13.2 Å². The fourth-order valence-corrected chi connectivity index (χ4v) is 2.64. The van der Waals surface area contributed by atoms with Crippen LogP contribution in [0.3, 0.4) is 0 Å². The molecule has 0 aromatic carbocycles. The lowest BCUT2D eigenvalue weighted by Crippen LogP contribution is -2.14. The zero-order valence-corrected chi connectivity index (χ0v) is 11.9. The van der Waals surface area contributed by atoms with Crippen LogP contribution in [0, 0.1) is 0 Å². The average Bonchev–Trinajstić information content (AvgIpc) is 2.15. The maximum absolute atomic E-state index is 12.0. The van der Waals surface area contributed by atoms with Crippen molar-refractivity contribution in [3.63, 3.8) is 0 Å². The Balaban J connectivity index is 2.55. The minimum Gasteiger partial charge on any atom is -0.323 e.